The van der Waals surface area contributed by atoms with Gasteiger partial charge < -0.3 is 41.0 Å². The van der Waals surface area contributed by atoms with E-state index in [2.05, 4.69) is 19.2 Å². The van der Waals surface area contributed by atoms with E-state index in [1.54, 1.807) is 0 Å². The van der Waals surface area contributed by atoms with Crippen molar-refractivity contribution in [3.8, 4) is 0 Å². The van der Waals surface area contributed by atoms with E-state index in [0.717, 1.165) is 108 Å². The van der Waals surface area contributed by atoms with Crippen molar-refractivity contribution < 1.29 is 34.7 Å². The number of fused-ring (bicyclic) bond motifs is 2. The Labute approximate surface area is 324 Å². The number of carbonyl (C=O) groups is 1. The fraction of sp³-hybridized carbons (Fsp3) is 0.933. The molecule has 9 nitrogen and oxygen atoms in total. The maximum atomic E-state index is 14.9. The van der Waals surface area contributed by atoms with E-state index in [9.17, 15) is 25.2 Å². The second-order valence-corrected chi connectivity index (χ2v) is 21.4. The van der Waals surface area contributed by atoms with Crippen molar-refractivity contribution in [2.75, 3.05) is 19.8 Å². The largest absolute Gasteiger partial charge is 0.396 e. The summed E-state index contributed by atoms with van der Waals surface area (Å²) in [7, 11) is 0. The number of piperidine rings is 1. The van der Waals surface area contributed by atoms with Crippen molar-refractivity contribution in [2.24, 2.45) is 63.4 Å². The van der Waals surface area contributed by atoms with Crippen LogP contribution in [0.3, 0.4) is 0 Å². The van der Waals surface area contributed by atoms with Crippen LogP contribution in [0, 0.1) is 57.7 Å². The van der Waals surface area contributed by atoms with E-state index in [4.69, 9.17) is 15.2 Å². The average Bonchev–Trinajstić information content (AvgIpc) is 3.72. The smallest absolute Gasteiger partial charge is 0.162 e. The van der Waals surface area contributed by atoms with Gasteiger partial charge in [0.15, 0.2) is 5.78 Å². The minimum absolute atomic E-state index is 0.00129. The molecule has 0 aromatic heterocycles. The molecule has 54 heavy (non-hydrogen) atoms. The molecule has 9 aliphatic rings. The normalized spacial score (nSPS) is 51.3. The van der Waals surface area contributed by atoms with Gasteiger partial charge in [-0.1, -0.05) is 33.6 Å². The lowest BCUT2D eigenvalue weighted by Crippen LogP contribution is -2.66. The standard InChI is InChI=1S/C45H72N2O7/c1-26-15-20-53-44(24-26,39-38(54-39)42(4,51)40(2,25-48)16-11-27-14-19-47-35(46)21-27)34-22-29-9-10-31-36-32(13-17-41(34,3)45(29,36)52)43(28-7-5-6-8-28)18-12-30(49)23-33(43)37(31)50/h26-30,32-35,38-39,47-49,51-52H,5-25,46H2,1-4H3/t26-,27?,29+,30+,32+,33+,34-,35?,38+,39-,40+,41-,42+,43-,44-,45-/m1/s1. The topological polar surface area (TPSA) is 158 Å². The first kappa shape index (κ1) is 38.6. The summed E-state index contributed by atoms with van der Waals surface area (Å²) in [6.07, 6.45) is 15.3. The Kier molecular flexibility index (Phi) is 9.51. The highest BCUT2D eigenvalue weighted by Gasteiger charge is 2.78. The lowest BCUT2D eigenvalue weighted by molar-refractivity contribution is -0.201. The molecule has 2 unspecified atom stereocenters. The van der Waals surface area contributed by atoms with Crippen molar-refractivity contribution in [3.05, 3.63) is 11.1 Å². The zero-order chi connectivity index (χ0) is 38.1. The summed E-state index contributed by atoms with van der Waals surface area (Å²) in [5.74, 6) is 1.71. The lowest BCUT2D eigenvalue weighted by Gasteiger charge is -2.65. The second kappa shape index (κ2) is 13.3. The van der Waals surface area contributed by atoms with Crippen molar-refractivity contribution >= 4 is 5.78 Å². The fourth-order valence-corrected chi connectivity index (χ4v) is 15.7. The van der Waals surface area contributed by atoms with Gasteiger partial charge in [0.1, 0.15) is 17.8 Å². The summed E-state index contributed by atoms with van der Waals surface area (Å²) >= 11 is 0. The molecule has 304 valence electrons. The van der Waals surface area contributed by atoms with Gasteiger partial charge in [0.2, 0.25) is 0 Å². The minimum Gasteiger partial charge on any atom is -0.396 e. The number of hydrogen-bond donors (Lipinski definition) is 6. The first-order valence-corrected chi connectivity index (χ1v) is 22.5. The molecule has 0 aromatic carbocycles. The number of carbonyl (C=O) groups excluding carboxylic acids is 1. The molecule has 7 fully saturated rings. The summed E-state index contributed by atoms with van der Waals surface area (Å²) < 4.78 is 13.9. The number of Topliss-reactive ketones (excluding diaryl/α,β-unsaturated/α-hetero) is 1. The molecule has 3 saturated heterocycles. The number of epoxide rings is 1. The van der Waals surface area contributed by atoms with Crippen LogP contribution in [0.25, 0.3) is 0 Å². The number of ether oxygens (including phenoxy) is 2. The summed E-state index contributed by atoms with van der Waals surface area (Å²) in [6.45, 7) is 9.93. The lowest BCUT2D eigenvalue weighted by atomic mass is 9.40. The molecule has 6 aliphatic carbocycles. The van der Waals surface area contributed by atoms with Crippen LogP contribution in [0.15, 0.2) is 11.1 Å². The third kappa shape index (κ3) is 5.26. The number of aliphatic hydroxyl groups excluding tert-OH is 2. The fourth-order valence-electron chi connectivity index (χ4n) is 15.7. The summed E-state index contributed by atoms with van der Waals surface area (Å²) in [6, 6.07) is 0. The van der Waals surface area contributed by atoms with Gasteiger partial charge in [0.05, 0.1) is 30.1 Å². The number of allylic oxidation sites excluding steroid dienone is 1. The molecule has 9 heteroatoms. The SMILES string of the molecule is C[C@@H]1CCO[C@@]([C@@H]2O[C@@H]2[C@](C)(O)[C@](C)(CO)CCC2CCNC(N)C2)([C@@H]2C[C@@H]3CCC4=C5[C@H](CC[C@@]2(C)[C@]53O)[C@]2(C3CCCC3)CC[C@H](O)C[C@H]2C4=O)C1. The Morgan fingerprint density at radius 1 is 0.981 bits per heavy atom. The molecule has 0 amide bonds. The van der Waals surface area contributed by atoms with E-state index in [1.165, 1.54) is 12.8 Å². The monoisotopic (exact) mass is 753 g/mol. The third-order valence-corrected chi connectivity index (χ3v) is 19.0. The summed E-state index contributed by atoms with van der Waals surface area (Å²) in [5.41, 5.74) is 3.77. The second-order valence-electron chi connectivity index (χ2n) is 21.4. The molecular weight excluding hydrogens is 681 g/mol. The Morgan fingerprint density at radius 2 is 1.76 bits per heavy atom. The van der Waals surface area contributed by atoms with Crippen LogP contribution >= 0.6 is 0 Å². The molecule has 3 heterocycles. The van der Waals surface area contributed by atoms with Gasteiger partial charge in [0, 0.05) is 23.4 Å². The average molecular weight is 753 g/mol. The first-order valence-electron chi connectivity index (χ1n) is 22.5. The zero-order valence-corrected chi connectivity index (χ0v) is 33.8. The van der Waals surface area contributed by atoms with Gasteiger partial charge >= 0.3 is 0 Å². The van der Waals surface area contributed by atoms with E-state index in [-0.39, 0.29) is 53.7 Å². The van der Waals surface area contributed by atoms with Gasteiger partial charge in [-0.25, -0.2) is 0 Å². The quantitative estimate of drug-likeness (QED) is 0.166. The van der Waals surface area contributed by atoms with E-state index in [0.29, 0.717) is 37.2 Å². The predicted octanol–water partition coefficient (Wildman–Crippen LogP) is 5.55. The number of aliphatic hydroxyl groups is 4. The molecule has 7 N–H and O–H groups in total. The number of nitrogens with one attached hydrogen (secondary N) is 1. The summed E-state index contributed by atoms with van der Waals surface area (Å²) in [4.78, 5) is 14.9. The molecule has 3 aliphatic heterocycles. The molecular formula is C45H72N2O7. The Bertz CT molecular complexity index is 1510. The highest BCUT2D eigenvalue weighted by Crippen LogP contribution is 2.76. The van der Waals surface area contributed by atoms with Crippen LogP contribution in [0.2, 0.25) is 0 Å². The maximum Gasteiger partial charge on any atom is 0.162 e. The van der Waals surface area contributed by atoms with Crippen LogP contribution in [0.1, 0.15) is 143 Å². The minimum atomic E-state index is -1.29. The van der Waals surface area contributed by atoms with Gasteiger partial charge in [-0.2, -0.15) is 0 Å². The van der Waals surface area contributed by atoms with Gasteiger partial charge in [-0.05, 0) is 168 Å². The highest BCUT2D eigenvalue weighted by molar-refractivity contribution is 6.00. The Balaban J connectivity index is 1.06. The molecule has 16 atom stereocenters. The van der Waals surface area contributed by atoms with E-state index in [1.807, 2.05) is 13.8 Å². The summed E-state index contributed by atoms with van der Waals surface area (Å²) in [5, 5.41) is 51.7. The van der Waals surface area contributed by atoms with Crippen molar-refractivity contribution in [2.45, 2.75) is 185 Å². The van der Waals surface area contributed by atoms with Crippen LogP contribution in [-0.4, -0.2) is 87.2 Å². The van der Waals surface area contributed by atoms with E-state index >= 15 is 0 Å². The Hall–Kier alpha value is -0.910. The maximum absolute atomic E-state index is 14.9. The predicted molar refractivity (Wildman–Crippen MR) is 206 cm³/mol. The van der Waals surface area contributed by atoms with E-state index < -0.39 is 39.8 Å². The molecule has 0 spiro atoms. The van der Waals surface area contributed by atoms with Crippen molar-refractivity contribution in [3.63, 3.8) is 0 Å². The molecule has 4 saturated carbocycles. The number of ketones is 1. The van der Waals surface area contributed by atoms with Gasteiger partial charge in [-0.15, -0.1) is 0 Å². The van der Waals surface area contributed by atoms with Gasteiger partial charge in [-0.3, -0.25) is 4.79 Å². The Morgan fingerprint density at radius 3 is 2.48 bits per heavy atom. The molecule has 0 bridgehead atoms. The highest BCUT2D eigenvalue weighted by atomic mass is 16.6. The first-order chi connectivity index (χ1) is 25.7. The van der Waals surface area contributed by atoms with Crippen LogP contribution < -0.4 is 11.1 Å². The van der Waals surface area contributed by atoms with Crippen LogP contribution in [-0.2, 0) is 14.3 Å². The van der Waals surface area contributed by atoms with Crippen LogP contribution in [0.4, 0.5) is 0 Å². The molecule has 0 aromatic rings. The number of hydrogen-bond acceptors (Lipinski definition) is 9. The zero-order valence-electron chi connectivity index (χ0n) is 33.8. The molecule has 0 radical (unpaired) electrons. The third-order valence-electron chi connectivity index (χ3n) is 19.0. The molecule has 9 rings (SSSR count). The van der Waals surface area contributed by atoms with Gasteiger partial charge in [0.25, 0.3) is 0 Å². The number of rotatable bonds is 9. The van der Waals surface area contributed by atoms with Crippen molar-refractivity contribution in [1.82, 2.24) is 5.32 Å². The number of nitrogens with two attached hydrogens (primary N) is 1. The van der Waals surface area contributed by atoms with Crippen LogP contribution in [0.5, 0.6) is 0 Å². The van der Waals surface area contributed by atoms with Crippen molar-refractivity contribution in [1.29, 1.82) is 0 Å².